The molecule has 0 saturated heterocycles. The molecule has 1 aliphatic rings. The second-order valence-electron chi connectivity index (χ2n) is 5.07. The second-order valence-corrected chi connectivity index (χ2v) is 5.33. The zero-order chi connectivity index (χ0) is 12.4. The van der Waals surface area contributed by atoms with Crippen molar-refractivity contribution in [2.24, 2.45) is 5.92 Å². The maximum atomic E-state index is 5.98. The van der Waals surface area contributed by atoms with Gasteiger partial charge in [-0.3, -0.25) is 0 Å². The first-order chi connectivity index (χ1) is 8.11. The van der Waals surface area contributed by atoms with Gasteiger partial charge in [0.15, 0.2) is 0 Å². The highest BCUT2D eigenvalue weighted by Gasteiger charge is 2.15. The van der Waals surface area contributed by atoms with Gasteiger partial charge in [0.25, 0.3) is 0 Å². The zero-order valence-corrected chi connectivity index (χ0v) is 11.6. The molecule has 0 atom stereocenters. The van der Waals surface area contributed by atoms with E-state index in [1.807, 2.05) is 0 Å². The fourth-order valence-electron chi connectivity index (χ4n) is 2.25. The summed E-state index contributed by atoms with van der Waals surface area (Å²) in [5.74, 6) is 1.14. The normalized spacial score (nSPS) is 15.6. The lowest BCUT2D eigenvalue weighted by Gasteiger charge is -2.12. The largest absolute Gasteiger partial charge is 0.374 e. The molecule has 17 heavy (non-hydrogen) atoms. The average molecular weight is 250 g/mol. The van der Waals surface area contributed by atoms with Gasteiger partial charge in [-0.05, 0) is 35.6 Å². The Morgan fingerprint density at radius 1 is 1.47 bits per heavy atom. The van der Waals surface area contributed by atoms with E-state index in [1.54, 1.807) is 0 Å². The predicted octanol–water partition coefficient (Wildman–Crippen LogP) is 3.96. The standard InChI is InChI=1S/C15H20ClN/c1-11(2)14(10-16)9-12-4-5-15-13(8-12)6-7-17(15)3/h4-5,8-9,11H,6-7,10H2,1-3H3. The van der Waals surface area contributed by atoms with Gasteiger partial charge in [0, 0.05) is 25.2 Å². The van der Waals surface area contributed by atoms with Crippen molar-refractivity contribution in [1.29, 1.82) is 0 Å². The number of anilines is 1. The van der Waals surface area contributed by atoms with Crippen LogP contribution in [0.4, 0.5) is 5.69 Å². The number of benzene rings is 1. The number of halogens is 1. The SMILES string of the molecule is CC(C)C(=Cc1ccc2c(c1)CCN2C)CCl. The molecule has 0 N–H and O–H groups in total. The highest BCUT2D eigenvalue weighted by molar-refractivity contribution is 6.19. The summed E-state index contributed by atoms with van der Waals surface area (Å²) in [4.78, 5) is 2.31. The first kappa shape index (κ1) is 12.5. The molecule has 92 valence electrons. The van der Waals surface area contributed by atoms with Crippen molar-refractivity contribution in [3.05, 3.63) is 34.9 Å². The van der Waals surface area contributed by atoms with Crippen molar-refractivity contribution in [1.82, 2.24) is 0 Å². The third-order valence-electron chi connectivity index (χ3n) is 3.48. The van der Waals surface area contributed by atoms with Gasteiger partial charge in [-0.2, -0.15) is 0 Å². The summed E-state index contributed by atoms with van der Waals surface area (Å²) in [6.07, 6.45) is 3.39. The summed E-state index contributed by atoms with van der Waals surface area (Å²) in [7, 11) is 2.15. The number of allylic oxidation sites excluding steroid dienone is 1. The van der Waals surface area contributed by atoms with Crippen LogP contribution in [0.1, 0.15) is 25.0 Å². The molecule has 1 aliphatic heterocycles. The number of hydrogen-bond donors (Lipinski definition) is 0. The van der Waals surface area contributed by atoms with Gasteiger partial charge in [0.1, 0.15) is 0 Å². The molecule has 1 aromatic carbocycles. The third kappa shape index (κ3) is 2.66. The van der Waals surface area contributed by atoms with E-state index in [-0.39, 0.29) is 0 Å². The molecular formula is C15H20ClN. The molecule has 1 aromatic rings. The van der Waals surface area contributed by atoms with Crippen LogP contribution in [0, 0.1) is 5.92 Å². The summed E-state index contributed by atoms with van der Waals surface area (Å²) in [5.41, 5.74) is 5.42. The Hall–Kier alpha value is -0.950. The third-order valence-corrected chi connectivity index (χ3v) is 3.79. The van der Waals surface area contributed by atoms with E-state index in [2.05, 4.69) is 50.1 Å². The molecule has 0 amide bonds. The quantitative estimate of drug-likeness (QED) is 0.733. The molecule has 2 heteroatoms. The van der Waals surface area contributed by atoms with E-state index in [1.165, 1.54) is 22.4 Å². The van der Waals surface area contributed by atoms with Gasteiger partial charge in [0.2, 0.25) is 0 Å². The first-order valence-corrected chi connectivity index (χ1v) is 6.75. The highest BCUT2D eigenvalue weighted by Crippen LogP contribution is 2.28. The van der Waals surface area contributed by atoms with Crippen molar-refractivity contribution in [2.75, 3.05) is 24.4 Å². The Kier molecular flexibility index (Phi) is 3.78. The van der Waals surface area contributed by atoms with Crippen LogP contribution in [0.2, 0.25) is 0 Å². The molecule has 0 saturated carbocycles. The van der Waals surface area contributed by atoms with E-state index >= 15 is 0 Å². The van der Waals surface area contributed by atoms with E-state index in [9.17, 15) is 0 Å². The van der Waals surface area contributed by atoms with Crippen LogP contribution in [0.5, 0.6) is 0 Å². The zero-order valence-electron chi connectivity index (χ0n) is 10.8. The van der Waals surface area contributed by atoms with E-state index in [0.29, 0.717) is 11.8 Å². The molecule has 0 fully saturated rings. The molecule has 0 spiro atoms. The minimum Gasteiger partial charge on any atom is -0.374 e. The Bertz CT molecular complexity index is 435. The molecule has 0 aromatic heterocycles. The van der Waals surface area contributed by atoms with Gasteiger partial charge in [-0.15, -0.1) is 11.6 Å². The van der Waals surface area contributed by atoms with Crippen molar-refractivity contribution in [3.8, 4) is 0 Å². The van der Waals surface area contributed by atoms with Crippen LogP contribution in [-0.4, -0.2) is 19.5 Å². The van der Waals surface area contributed by atoms with Crippen molar-refractivity contribution in [3.63, 3.8) is 0 Å². The fourth-order valence-corrected chi connectivity index (χ4v) is 2.64. The number of fused-ring (bicyclic) bond motifs is 1. The molecular weight excluding hydrogens is 230 g/mol. The molecule has 1 nitrogen and oxygen atoms in total. The van der Waals surface area contributed by atoms with Gasteiger partial charge in [-0.25, -0.2) is 0 Å². The van der Waals surface area contributed by atoms with Gasteiger partial charge < -0.3 is 4.90 Å². The fraction of sp³-hybridized carbons (Fsp3) is 0.467. The van der Waals surface area contributed by atoms with E-state index in [4.69, 9.17) is 11.6 Å². The van der Waals surface area contributed by atoms with Crippen LogP contribution in [0.25, 0.3) is 6.08 Å². The maximum Gasteiger partial charge on any atom is 0.0439 e. The maximum absolute atomic E-state index is 5.98. The minimum atomic E-state index is 0.517. The summed E-state index contributed by atoms with van der Waals surface area (Å²) in [5, 5.41) is 0. The smallest absolute Gasteiger partial charge is 0.0439 e. The first-order valence-electron chi connectivity index (χ1n) is 6.22. The van der Waals surface area contributed by atoms with E-state index in [0.717, 1.165) is 13.0 Å². The minimum absolute atomic E-state index is 0.517. The monoisotopic (exact) mass is 249 g/mol. The predicted molar refractivity (Wildman–Crippen MR) is 77.0 cm³/mol. The Labute approximate surface area is 109 Å². The van der Waals surface area contributed by atoms with Crippen LogP contribution >= 0.6 is 11.6 Å². The Morgan fingerprint density at radius 3 is 2.88 bits per heavy atom. The molecule has 0 bridgehead atoms. The lowest BCUT2D eigenvalue weighted by atomic mass is 10.0. The topological polar surface area (TPSA) is 3.24 Å². The molecule has 0 unspecified atom stereocenters. The van der Waals surface area contributed by atoms with Crippen LogP contribution in [0.3, 0.4) is 0 Å². The summed E-state index contributed by atoms with van der Waals surface area (Å²) < 4.78 is 0. The lowest BCUT2D eigenvalue weighted by molar-refractivity contribution is 0.778. The molecule has 2 rings (SSSR count). The number of alkyl halides is 1. The van der Waals surface area contributed by atoms with Crippen molar-refractivity contribution in [2.45, 2.75) is 20.3 Å². The number of likely N-dealkylation sites (N-methyl/N-ethyl adjacent to an activating group) is 1. The highest BCUT2D eigenvalue weighted by atomic mass is 35.5. The van der Waals surface area contributed by atoms with E-state index < -0.39 is 0 Å². The van der Waals surface area contributed by atoms with Gasteiger partial charge in [-0.1, -0.05) is 31.6 Å². The van der Waals surface area contributed by atoms with Crippen molar-refractivity contribution < 1.29 is 0 Å². The number of rotatable bonds is 3. The molecule has 0 radical (unpaired) electrons. The number of nitrogens with zero attached hydrogens (tertiary/aromatic N) is 1. The van der Waals surface area contributed by atoms with Gasteiger partial charge in [0.05, 0.1) is 0 Å². The van der Waals surface area contributed by atoms with Crippen LogP contribution in [-0.2, 0) is 6.42 Å². The van der Waals surface area contributed by atoms with Crippen LogP contribution in [0.15, 0.2) is 23.8 Å². The Morgan fingerprint density at radius 2 is 2.24 bits per heavy atom. The summed E-state index contributed by atoms with van der Waals surface area (Å²) in [6.45, 7) is 5.51. The number of hydrogen-bond acceptors (Lipinski definition) is 1. The lowest BCUT2D eigenvalue weighted by Crippen LogP contribution is -2.12. The van der Waals surface area contributed by atoms with Gasteiger partial charge >= 0.3 is 0 Å². The second kappa shape index (κ2) is 5.14. The van der Waals surface area contributed by atoms with Crippen molar-refractivity contribution >= 4 is 23.4 Å². The summed E-state index contributed by atoms with van der Waals surface area (Å²) >= 11 is 5.98. The van der Waals surface area contributed by atoms with Crippen LogP contribution < -0.4 is 4.90 Å². The summed E-state index contributed by atoms with van der Waals surface area (Å²) in [6, 6.07) is 6.71. The average Bonchev–Trinajstić information content (AvgIpc) is 2.67. The molecule has 0 aliphatic carbocycles. The molecule has 1 heterocycles. The Balaban J connectivity index is 2.30.